The van der Waals surface area contributed by atoms with Crippen molar-refractivity contribution in [3.8, 4) is 12.0 Å². The average Bonchev–Trinajstić information content (AvgIpc) is 3.39. The number of carbonyl (C=O) groups is 2. The van der Waals surface area contributed by atoms with Crippen LogP contribution < -0.4 is 5.32 Å². The third-order valence-corrected chi connectivity index (χ3v) is 4.93. The smallest absolute Gasteiger partial charge is 0.343 e. The molecule has 2 heterocycles. The first kappa shape index (κ1) is 20.9. The number of benzene rings is 1. The molecule has 0 unspecified atom stereocenters. The van der Waals surface area contributed by atoms with Crippen molar-refractivity contribution in [1.29, 1.82) is 5.26 Å². The Labute approximate surface area is 174 Å². The summed E-state index contributed by atoms with van der Waals surface area (Å²) in [4.78, 5) is 24.7. The minimum absolute atomic E-state index is 0.0203. The summed E-state index contributed by atoms with van der Waals surface area (Å²) in [5.41, 5.74) is 1.90. The van der Waals surface area contributed by atoms with Crippen LogP contribution in [-0.2, 0) is 9.53 Å². The molecule has 154 valence electrons. The molecule has 7 nitrogen and oxygen atoms in total. The van der Waals surface area contributed by atoms with Gasteiger partial charge in [-0.15, -0.1) is 0 Å². The van der Waals surface area contributed by atoms with Crippen molar-refractivity contribution in [3.63, 3.8) is 0 Å². The summed E-state index contributed by atoms with van der Waals surface area (Å²) in [6.45, 7) is 5.36. The van der Waals surface area contributed by atoms with E-state index < -0.39 is 18.5 Å². The molecule has 2 aromatic heterocycles. The van der Waals surface area contributed by atoms with Crippen LogP contribution in [-0.4, -0.2) is 23.1 Å². The summed E-state index contributed by atoms with van der Waals surface area (Å²) in [6, 6.07) is 13.1. The Balaban J connectivity index is 1.64. The van der Waals surface area contributed by atoms with Gasteiger partial charge in [0.25, 0.3) is 5.91 Å². The lowest BCUT2D eigenvalue weighted by Crippen LogP contribution is -2.21. The number of hydrogen-bond donors (Lipinski definition) is 1. The SMILES string of the molecule is CC[C@@H](C)c1ccc(NC(=O)COC(=O)c2c(C)oc(-n3cccc3)c2C#N)cc1. The van der Waals surface area contributed by atoms with E-state index in [2.05, 4.69) is 19.2 Å². The molecule has 0 spiro atoms. The number of ether oxygens (including phenoxy) is 1. The number of anilines is 1. The lowest BCUT2D eigenvalue weighted by molar-refractivity contribution is -0.119. The Hall–Kier alpha value is -3.79. The molecular formula is C23H23N3O4. The topological polar surface area (TPSA) is 97.3 Å². The van der Waals surface area contributed by atoms with Gasteiger partial charge in [0.2, 0.25) is 5.88 Å². The monoisotopic (exact) mass is 405 g/mol. The van der Waals surface area contributed by atoms with Gasteiger partial charge in [0.1, 0.15) is 23.0 Å². The zero-order chi connectivity index (χ0) is 21.7. The van der Waals surface area contributed by atoms with Crippen molar-refractivity contribution < 1.29 is 18.7 Å². The van der Waals surface area contributed by atoms with Crippen molar-refractivity contribution in [2.75, 3.05) is 11.9 Å². The number of hydrogen-bond acceptors (Lipinski definition) is 5. The second-order valence-corrected chi connectivity index (χ2v) is 6.97. The van der Waals surface area contributed by atoms with Gasteiger partial charge in [-0.25, -0.2) is 4.79 Å². The molecule has 0 aliphatic heterocycles. The van der Waals surface area contributed by atoms with Gasteiger partial charge in [0.05, 0.1) is 0 Å². The molecule has 7 heteroatoms. The molecule has 0 aliphatic rings. The van der Waals surface area contributed by atoms with E-state index in [4.69, 9.17) is 9.15 Å². The molecule has 0 saturated carbocycles. The first-order valence-corrected chi connectivity index (χ1v) is 9.68. The van der Waals surface area contributed by atoms with Gasteiger partial charge in [-0.05, 0) is 49.1 Å². The highest BCUT2D eigenvalue weighted by molar-refractivity contribution is 5.97. The average molecular weight is 405 g/mol. The normalized spacial score (nSPS) is 11.5. The second-order valence-electron chi connectivity index (χ2n) is 6.97. The summed E-state index contributed by atoms with van der Waals surface area (Å²) in [7, 11) is 0. The summed E-state index contributed by atoms with van der Waals surface area (Å²) in [5.74, 6) is -0.322. The molecule has 30 heavy (non-hydrogen) atoms. The fourth-order valence-electron chi connectivity index (χ4n) is 3.06. The van der Waals surface area contributed by atoms with Crippen LogP contribution in [0.5, 0.6) is 0 Å². The van der Waals surface area contributed by atoms with E-state index in [9.17, 15) is 14.9 Å². The van der Waals surface area contributed by atoms with Crippen LogP contribution in [0.3, 0.4) is 0 Å². The van der Waals surface area contributed by atoms with Gasteiger partial charge in [0.15, 0.2) is 6.61 Å². The maximum atomic E-state index is 12.5. The van der Waals surface area contributed by atoms with Crippen LogP contribution >= 0.6 is 0 Å². The Morgan fingerprint density at radius 3 is 2.50 bits per heavy atom. The molecule has 1 aromatic carbocycles. The van der Waals surface area contributed by atoms with Crippen molar-refractivity contribution in [2.45, 2.75) is 33.1 Å². The number of esters is 1. The summed E-state index contributed by atoms with van der Waals surface area (Å²) >= 11 is 0. The van der Waals surface area contributed by atoms with Crippen LogP contribution in [0.1, 0.15) is 53.4 Å². The Morgan fingerprint density at radius 2 is 1.90 bits per heavy atom. The Bertz CT molecular complexity index is 1070. The third kappa shape index (κ3) is 4.44. The van der Waals surface area contributed by atoms with Crippen LogP contribution in [0.4, 0.5) is 5.69 Å². The Morgan fingerprint density at radius 1 is 1.23 bits per heavy atom. The van der Waals surface area contributed by atoms with Crippen molar-refractivity contribution >= 4 is 17.6 Å². The fraction of sp³-hybridized carbons (Fsp3) is 0.261. The number of rotatable bonds is 7. The largest absolute Gasteiger partial charge is 0.452 e. The first-order chi connectivity index (χ1) is 14.4. The van der Waals surface area contributed by atoms with E-state index in [-0.39, 0.29) is 22.8 Å². The van der Waals surface area contributed by atoms with Gasteiger partial charge in [-0.3, -0.25) is 9.36 Å². The number of aromatic nitrogens is 1. The molecule has 0 radical (unpaired) electrons. The number of aryl methyl sites for hydroxylation is 1. The zero-order valence-corrected chi connectivity index (χ0v) is 17.1. The minimum Gasteiger partial charge on any atom is -0.452 e. The number of nitrogens with one attached hydrogen (secondary N) is 1. The summed E-state index contributed by atoms with van der Waals surface area (Å²) < 4.78 is 12.3. The number of furan rings is 1. The summed E-state index contributed by atoms with van der Waals surface area (Å²) in [5, 5.41) is 12.2. The molecule has 0 bridgehead atoms. The number of nitriles is 1. The maximum Gasteiger partial charge on any atom is 0.343 e. The lowest BCUT2D eigenvalue weighted by Gasteiger charge is -2.10. The molecule has 0 fully saturated rings. The molecule has 0 aliphatic carbocycles. The Kier molecular flexibility index (Phi) is 6.38. The fourth-order valence-corrected chi connectivity index (χ4v) is 3.06. The molecule has 1 atom stereocenters. The molecule has 3 aromatic rings. The zero-order valence-electron chi connectivity index (χ0n) is 17.1. The van der Waals surface area contributed by atoms with E-state index in [1.165, 1.54) is 5.56 Å². The maximum absolute atomic E-state index is 12.5. The third-order valence-electron chi connectivity index (χ3n) is 4.93. The molecule has 1 N–H and O–H groups in total. The molecule has 0 saturated heterocycles. The van der Waals surface area contributed by atoms with Gasteiger partial charge < -0.3 is 14.5 Å². The number of carbonyl (C=O) groups excluding carboxylic acids is 2. The second kappa shape index (κ2) is 9.14. The molecular weight excluding hydrogens is 382 g/mol. The highest BCUT2D eigenvalue weighted by Crippen LogP contribution is 2.26. The van der Waals surface area contributed by atoms with E-state index in [0.29, 0.717) is 11.6 Å². The van der Waals surface area contributed by atoms with Crippen molar-refractivity contribution in [3.05, 3.63) is 71.2 Å². The van der Waals surface area contributed by atoms with E-state index >= 15 is 0 Å². The van der Waals surface area contributed by atoms with Gasteiger partial charge in [-0.1, -0.05) is 26.0 Å². The van der Waals surface area contributed by atoms with Crippen molar-refractivity contribution in [1.82, 2.24) is 4.57 Å². The van der Waals surface area contributed by atoms with Crippen LogP contribution in [0.15, 0.2) is 53.2 Å². The summed E-state index contributed by atoms with van der Waals surface area (Å²) in [6.07, 6.45) is 4.44. The molecule has 1 amide bonds. The van der Waals surface area contributed by atoms with E-state index in [1.54, 1.807) is 36.0 Å². The van der Waals surface area contributed by atoms with Gasteiger partial charge in [-0.2, -0.15) is 5.26 Å². The predicted octanol–water partition coefficient (Wildman–Crippen LogP) is 4.56. The van der Waals surface area contributed by atoms with Gasteiger partial charge >= 0.3 is 5.97 Å². The number of amides is 1. The van der Waals surface area contributed by atoms with Crippen molar-refractivity contribution in [2.24, 2.45) is 0 Å². The van der Waals surface area contributed by atoms with E-state index in [0.717, 1.165) is 6.42 Å². The van der Waals surface area contributed by atoms with Crippen LogP contribution in [0.25, 0.3) is 5.88 Å². The number of nitrogens with zero attached hydrogens (tertiary/aromatic N) is 2. The van der Waals surface area contributed by atoms with Crippen LogP contribution in [0.2, 0.25) is 0 Å². The standard InChI is InChI=1S/C23H23N3O4/c1-4-15(2)17-7-9-18(10-8-17)25-20(27)14-29-23(28)21-16(3)30-22(19(21)13-24)26-11-5-6-12-26/h5-12,15H,4,14H2,1-3H3,(H,25,27)/t15-/m1/s1. The van der Waals surface area contributed by atoms with Crippen LogP contribution in [0, 0.1) is 18.3 Å². The van der Waals surface area contributed by atoms with Gasteiger partial charge in [0, 0.05) is 18.1 Å². The lowest BCUT2D eigenvalue weighted by atomic mass is 9.99. The highest BCUT2D eigenvalue weighted by Gasteiger charge is 2.26. The van der Waals surface area contributed by atoms with E-state index in [1.807, 2.05) is 30.3 Å². The molecule has 3 rings (SSSR count). The minimum atomic E-state index is -0.784. The quantitative estimate of drug-likeness (QED) is 0.581. The first-order valence-electron chi connectivity index (χ1n) is 9.68. The predicted molar refractivity (Wildman–Crippen MR) is 112 cm³/mol. The highest BCUT2D eigenvalue weighted by atomic mass is 16.5.